The van der Waals surface area contributed by atoms with Crippen molar-refractivity contribution in [3.05, 3.63) is 66.4 Å². The summed E-state index contributed by atoms with van der Waals surface area (Å²) in [4.78, 5) is 24.0. The number of benzene rings is 2. The summed E-state index contributed by atoms with van der Waals surface area (Å²) in [6.07, 6.45) is 1.57. The number of rotatable bonds is 6. The largest absolute Gasteiger partial charge is 0.417 e. The van der Waals surface area contributed by atoms with Crippen LogP contribution in [-0.4, -0.2) is 48.6 Å². The van der Waals surface area contributed by atoms with Gasteiger partial charge < -0.3 is 14.4 Å². The molecule has 1 aliphatic heterocycles. The Morgan fingerprint density at radius 3 is 2.68 bits per heavy atom. The van der Waals surface area contributed by atoms with E-state index in [9.17, 15) is 4.79 Å². The molecular formula is C23H25N4O3S+. The molecule has 160 valence electrons. The van der Waals surface area contributed by atoms with Gasteiger partial charge in [-0.25, -0.2) is 14.8 Å². The lowest BCUT2D eigenvalue weighted by molar-refractivity contribution is 0.122. The van der Waals surface area contributed by atoms with E-state index in [1.807, 2.05) is 42.5 Å². The zero-order valence-electron chi connectivity index (χ0n) is 17.3. The highest BCUT2D eigenvalue weighted by atomic mass is 32.2. The van der Waals surface area contributed by atoms with Crippen LogP contribution in [0.4, 0.5) is 16.3 Å². The second kappa shape index (κ2) is 10.3. The van der Waals surface area contributed by atoms with Crippen molar-refractivity contribution in [1.29, 1.82) is 0 Å². The lowest BCUT2D eigenvalue weighted by atomic mass is 10.2. The van der Waals surface area contributed by atoms with Gasteiger partial charge in [-0.1, -0.05) is 30.3 Å². The zero-order chi connectivity index (χ0) is 21.5. The number of hydrogen-bond acceptors (Lipinski definition) is 6. The summed E-state index contributed by atoms with van der Waals surface area (Å²) >= 11 is 1.24. The number of nitrogens with zero attached hydrogens (tertiary/aromatic N) is 3. The van der Waals surface area contributed by atoms with Crippen molar-refractivity contribution in [2.24, 2.45) is 0 Å². The third kappa shape index (κ3) is 5.74. The predicted molar refractivity (Wildman–Crippen MR) is 125 cm³/mol. The maximum Gasteiger partial charge on any atom is 0.417 e. The van der Waals surface area contributed by atoms with E-state index in [-0.39, 0.29) is 0 Å². The summed E-state index contributed by atoms with van der Waals surface area (Å²) in [5.74, 6) is 2.89. The van der Waals surface area contributed by atoms with Crippen molar-refractivity contribution in [3.63, 3.8) is 0 Å². The molecule has 0 unspecified atom stereocenters. The number of nitrogens with one attached hydrogen (secondary N) is 1. The first-order chi connectivity index (χ1) is 15.2. The highest BCUT2D eigenvalue weighted by Crippen LogP contribution is 2.24. The van der Waals surface area contributed by atoms with Crippen molar-refractivity contribution in [1.82, 2.24) is 9.97 Å². The van der Waals surface area contributed by atoms with Crippen molar-refractivity contribution in [3.8, 4) is 17.1 Å². The van der Waals surface area contributed by atoms with E-state index in [0.717, 1.165) is 35.9 Å². The standard InChI is InChI=1S/C23H24N4O3S/c1-31-16-19-15-21(27-10-12-29-13-11-27)26-22(24-19)17-6-5-7-18(14-17)25-23(28)30-20-8-3-2-4-9-20/h2-9,14-15H,10-13,16H2,1H3,(H,25,28)/p+1. The Kier molecular flexibility index (Phi) is 7.01. The van der Waals surface area contributed by atoms with E-state index in [0.29, 0.717) is 30.5 Å². The first-order valence-corrected chi connectivity index (χ1v) is 11.6. The van der Waals surface area contributed by atoms with Crippen molar-refractivity contribution in [2.45, 2.75) is 5.75 Å². The number of hydrogen-bond donors (Lipinski definition) is 1. The third-order valence-electron chi connectivity index (χ3n) is 4.74. The second-order valence-electron chi connectivity index (χ2n) is 7.02. The molecule has 1 amide bonds. The Morgan fingerprint density at radius 1 is 1.10 bits per heavy atom. The fourth-order valence-corrected chi connectivity index (χ4v) is 3.77. The van der Waals surface area contributed by atoms with Crippen molar-refractivity contribution >= 4 is 29.4 Å². The van der Waals surface area contributed by atoms with Gasteiger partial charge in [-0.05, 0) is 36.0 Å². The fraction of sp³-hybridized carbons (Fsp3) is 0.261. The van der Waals surface area contributed by atoms with E-state index < -0.39 is 6.09 Å². The number of carbonyl (C=O) groups excluding carboxylic acids is 1. The van der Waals surface area contributed by atoms with Crippen LogP contribution in [0, 0.1) is 0 Å². The molecule has 2 heterocycles. The molecular weight excluding hydrogens is 412 g/mol. The number of thiol groups is 1. The number of anilines is 2. The van der Waals surface area contributed by atoms with Crippen LogP contribution in [0.1, 0.15) is 5.69 Å². The maximum atomic E-state index is 12.2. The van der Waals surface area contributed by atoms with E-state index >= 15 is 0 Å². The Balaban J connectivity index is 1.55. The molecule has 31 heavy (non-hydrogen) atoms. The molecule has 2 aromatic carbocycles. The van der Waals surface area contributed by atoms with Crippen LogP contribution in [0.5, 0.6) is 5.75 Å². The topological polar surface area (TPSA) is 76.6 Å². The van der Waals surface area contributed by atoms with Crippen molar-refractivity contribution in [2.75, 3.05) is 42.8 Å². The molecule has 1 fully saturated rings. The molecule has 0 spiro atoms. The molecule has 3 aromatic rings. The SMILES string of the molecule is C[SH+]Cc1cc(N2CCOCC2)nc(-c2cccc(NC(=O)Oc3ccccc3)c2)n1. The number of para-hydroxylation sites is 1. The number of aromatic nitrogens is 2. The minimum atomic E-state index is -0.545. The lowest BCUT2D eigenvalue weighted by Gasteiger charge is -2.28. The summed E-state index contributed by atoms with van der Waals surface area (Å²) in [6.45, 7) is 3.02. The van der Waals surface area contributed by atoms with Gasteiger partial charge in [0.2, 0.25) is 0 Å². The van der Waals surface area contributed by atoms with Gasteiger partial charge >= 0.3 is 6.09 Å². The number of ether oxygens (including phenoxy) is 2. The molecule has 7 nitrogen and oxygen atoms in total. The van der Waals surface area contributed by atoms with Gasteiger partial charge in [0.25, 0.3) is 0 Å². The molecule has 1 saturated heterocycles. The predicted octanol–water partition coefficient (Wildman–Crippen LogP) is 3.54. The highest BCUT2D eigenvalue weighted by Gasteiger charge is 2.17. The summed E-state index contributed by atoms with van der Waals surface area (Å²) in [7, 11) is 0. The third-order valence-corrected chi connectivity index (χ3v) is 5.38. The average Bonchev–Trinajstić information content (AvgIpc) is 2.80. The van der Waals surface area contributed by atoms with Crippen LogP contribution in [-0.2, 0) is 22.3 Å². The van der Waals surface area contributed by atoms with Gasteiger partial charge in [-0.3, -0.25) is 5.32 Å². The summed E-state index contributed by atoms with van der Waals surface area (Å²) < 4.78 is 10.8. The smallest absolute Gasteiger partial charge is 0.410 e. The molecule has 4 rings (SSSR count). The van der Waals surface area contributed by atoms with E-state index in [1.165, 1.54) is 11.8 Å². The fourth-order valence-electron chi connectivity index (χ4n) is 3.28. The Hall–Kier alpha value is -3.10. The van der Waals surface area contributed by atoms with Crippen LogP contribution in [0.15, 0.2) is 60.7 Å². The van der Waals surface area contributed by atoms with Crippen LogP contribution in [0.2, 0.25) is 0 Å². The van der Waals surface area contributed by atoms with E-state index in [2.05, 4.69) is 22.5 Å². The lowest BCUT2D eigenvalue weighted by Crippen LogP contribution is -2.37. The molecule has 0 bridgehead atoms. The summed E-state index contributed by atoms with van der Waals surface area (Å²) in [6, 6.07) is 18.5. The van der Waals surface area contributed by atoms with Gasteiger partial charge in [-0.15, -0.1) is 0 Å². The maximum absolute atomic E-state index is 12.2. The second-order valence-corrected chi connectivity index (χ2v) is 7.97. The first kappa shape index (κ1) is 21.1. The summed E-state index contributed by atoms with van der Waals surface area (Å²) in [5, 5.41) is 2.77. The highest BCUT2D eigenvalue weighted by molar-refractivity contribution is 7.76. The number of carbonyl (C=O) groups is 1. The Bertz CT molecular complexity index is 1030. The van der Waals surface area contributed by atoms with Crippen LogP contribution >= 0.6 is 0 Å². The van der Waals surface area contributed by atoms with Crippen LogP contribution in [0.3, 0.4) is 0 Å². The molecule has 8 heteroatoms. The molecule has 1 aromatic heterocycles. The minimum absolute atomic E-state index is 0.487. The Morgan fingerprint density at radius 2 is 1.90 bits per heavy atom. The van der Waals surface area contributed by atoms with Gasteiger partial charge in [-0.2, -0.15) is 0 Å². The molecule has 0 saturated carbocycles. The van der Waals surface area contributed by atoms with E-state index in [1.54, 1.807) is 12.1 Å². The van der Waals surface area contributed by atoms with Gasteiger partial charge in [0.05, 0.1) is 25.2 Å². The molecule has 0 radical (unpaired) electrons. The zero-order valence-corrected chi connectivity index (χ0v) is 18.2. The quantitative estimate of drug-likeness (QED) is 0.470. The van der Waals surface area contributed by atoms with Crippen LogP contribution < -0.4 is 15.0 Å². The number of morpholine rings is 1. The molecule has 1 aliphatic rings. The van der Waals surface area contributed by atoms with Gasteiger partial charge in [0.15, 0.2) is 5.82 Å². The van der Waals surface area contributed by atoms with Crippen LogP contribution in [0.25, 0.3) is 11.4 Å². The Labute approximate surface area is 185 Å². The monoisotopic (exact) mass is 437 g/mol. The minimum Gasteiger partial charge on any atom is -0.410 e. The molecule has 0 aliphatic carbocycles. The molecule has 0 atom stereocenters. The number of amides is 1. The normalized spacial score (nSPS) is 13.6. The first-order valence-electron chi connectivity index (χ1n) is 10.1. The molecule has 1 N–H and O–H groups in total. The average molecular weight is 438 g/mol. The van der Waals surface area contributed by atoms with Gasteiger partial charge in [0.1, 0.15) is 17.3 Å². The van der Waals surface area contributed by atoms with Crippen molar-refractivity contribution < 1.29 is 14.3 Å². The summed E-state index contributed by atoms with van der Waals surface area (Å²) in [5.41, 5.74) is 2.45. The van der Waals surface area contributed by atoms with Gasteiger partial charge in [0, 0.05) is 30.4 Å². The van der Waals surface area contributed by atoms with E-state index in [4.69, 9.17) is 19.4 Å².